The maximum atomic E-state index is 12.3. The predicted molar refractivity (Wildman–Crippen MR) is 87.6 cm³/mol. The lowest BCUT2D eigenvalue weighted by Crippen LogP contribution is -2.33. The number of carbonyl (C=O) groups is 2. The van der Waals surface area contributed by atoms with Crippen molar-refractivity contribution in [1.82, 2.24) is 9.62 Å². The molecule has 0 aromatic heterocycles. The lowest BCUT2D eigenvalue weighted by molar-refractivity contribution is -0.140. The molecule has 1 aliphatic rings. The van der Waals surface area contributed by atoms with Crippen molar-refractivity contribution in [2.45, 2.75) is 37.8 Å². The molecule has 2 N–H and O–H groups in total. The van der Waals surface area contributed by atoms with Crippen LogP contribution in [0.3, 0.4) is 0 Å². The first kappa shape index (κ1) is 18.4. The number of nitrogens with zero attached hydrogens (tertiary/aromatic N) is 1. The lowest BCUT2D eigenvalue weighted by Gasteiger charge is -2.21. The van der Waals surface area contributed by atoms with Crippen LogP contribution < -0.4 is 5.32 Å². The smallest absolute Gasteiger partial charge is 0.307 e. The van der Waals surface area contributed by atoms with Crippen molar-refractivity contribution in [2.24, 2.45) is 11.8 Å². The Kier molecular flexibility index (Phi) is 5.29. The number of benzene rings is 1. The van der Waals surface area contributed by atoms with Gasteiger partial charge in [0.1, 0.15) is 0 Å². The van der Waals surface area contributed by atoms with Crippen molar-refractivity contribution in [3.05, 3.63) is 29.8 Å². The second-order valence-corrected chi connectivity index (χ2v) is 8.26. The van der Waals surface area contributed by atoms with Crippen LogP contribution in [-0.4, -0.2) is 42.8 Å². The molecule has 1 aromatic carbocycles. The van der Waals surface area contributed by atoms with Crippen molar-refractivity contribution in [3.8, 4) is 0 Å². The summed E-state index contributed by atoms with van der Waals surface area (Å²) in [6.45, 7) is 3.83. The monoisotopic (exact) mass is 354 g/mol. The van der Waals surface area contributed by atoms with Crippen LogP contribution in [0.4, 0.5) is 0 Å². The Labute approximate surface area is 141 Å². The Morgan fingerprint density at radius 3 is 2.29 bits per heavy atom. The molecule has 2 rings (SSSR count). The van der Waals surface area contributed by atoms with E-state index in [0.29, 0.717) is 6.42 Å². The van der Waals surface area contributed by atoms with Gasteiger partial charge in [-0.15, -0.1) is 0 Å². The zero-order valence-corrected chi connectivity index (χ0v) is 14.7. The Morgan fingerprint density at radius 1 is 1.25 bits per heavy atom. The average Bonchev–Trinajstić information content (AvgIpc) is 3.33. The molecule has 0 saturated heterocycles. The fraction of sp³-hybridized carbons (Fsp3) is 0.500. The number of sulfonamides is 1. The third-order valence-electron chi connectivity index (χ3n) is 4.24. The van der Waals surface area contributed by atoms with Crippen molar-refractivity contribution in [2.75, 3.05) is 7.05 Å². The number of amides is 1. The molecule has 7 nitrogen and oxygen atoms in total. The van der Waals surface area contributed by atoms with Crippen LogP contribution in [0.2, 0.25) is 0 Å². The van der Waals surface area contributed by atoms with Gasteiger partial charge in [0.25, 0.3) is 0 Å². The van der Waals surface area contributed by atoms with Crippen LogP contribution in [0.25, 0.3) is 0 Å². The number of nitrogens with one attached hydrogen (secondary N) is 1. The number of carboxylic acid groups (broad SMARTS) is 1. The van der Waals surface area contributed by atoms with Crippen molar-refractivity contribution in [1.29, 1.82) is 0 Å². The Morgan fingerprint density at radius 2 is 1.83 bits per heavy atom. The highest BCUT2D eigenvalue weighted by Gasteiger charge is 2.48. The van der Waals surface area contributed by atoms with Gasteiger partial charge < -0.3 is 10.4 Å². The quantitative estimate of drug-likeness (QED) is 0.762. The minimum Gasteiger partial charge on any atom is -0.481 e. The number of carboxylic acids is 1. The number of rotatable bonds is 7. The van der Waals surface area contributed by atoms with Gasteiger partial charge in [-0.1, -0.05) is 12.1 Å². The SMILES string of the molecule is CC(C)N(C)S(=O)(=O)c1ccc(CNC(=O)C2CC2C(=O)O)cc1. The second kappa shape index (κ2) is 6.90. The standard InChI is InChI=1S/C16H22N2O5S/c1-10(2)18(3)24(22,23)12-6-4-11(5-7-12)9-17-15(19)13-8-14(13)16(20)21/h4-7,10,13-14H,8-9H2,1-3H3,(H,17,19)(H,20,21). The minimum absolute atomic E-state index is 0.144. The first-order chi connectivity index (χ1) is 11.1. The van der Waals surface area contributed by atoms with Crippen LogP contribution >= 0.6 is 0 Å². The van der Waals surface area contributed by atoms with Crippen molar-refractivity contribution in [3.63, 3.8) is 0 Å². The highest BCUT2D eigenvalue weighted by atomic mass is 32.2. The molecule has 1 aliphatic carbocycles. The summed E-state index contributed by atoms with van der Waals surface area (Å²) >= 11 is 0. The molecule has 0 bridgehead atoms. The maximum Gasteiger partial charge on any atom is 0.307 e. The summed E-state index contributed by atoms with van der Waals surface area (Å²) in [4.78, 5) is 22.7. The second-order valence-electron chi connectivity index (χ2n) is 6.26. The van der Waals surface area contributed by atoms with Gasteiger partial charge in [0.2, 0.25) is 15.9 Å². The molecule has 1 aromatic rings. The molecular formula is C16H22N2O5S. The van der Waals surface area contributed by atoms with Crippen LogP contribution in [0, 0.1) is 11.8 Å². The van der Waals surface area contributed by atoms with Crippen molar-refractivity contribution >= 4 is 21.9 Å². The summed E-state index contributed by atoms with van der Waals surface area (Å²) < 4.78 is 26.0. The molecule has 1 fully saturated rings. The van der Waals surface area contributed by atoms with Gasteiger partial charge in [0.05, 0.1) is 16.7 Å². The number of carbonyl (C=O) groups excluding carboxylic acids is 1. The molecular weight excluding hydrogens is 332 g/mol. The van der Waals surface area contributed by atoms with Gasteiger partial charge in [-0.3, -0.25) is 9.59 Å². The molecule has 1 saturated carbocycles. The van der Waals surface area contributed by atoms with E-state index in [-0.39, 0.29) is 23.4 Å². The first-order valence-electron chi connectivity index (χ1n) is 7.72. The third kappa shape index (κ3) is 3.93. The Bertz CT molecular complexity index is 727. The number of hydrogen-bond acceptors (Lipinski definition) is 4. The van der Waals surface area contributed by atoms with Gasteiger partial charge in [-0.25, -0.2) is 8.42 Å². The molecule has 2 unspecified atom stereocenters. The molecule has 0 spiro atoms. The van der Waals surface area contributed by atoms with E-state index in [4.69, 9.17) is 5.11 Å². The predicted octanol–water partition coefficient (Wildman–Crippen LogP) is 1.05. The normalized spacial score (nSPS) is 20.2. The Balaban J connectivity index is 1.96. The van der Waals surface area contributed by atoms with Gasteiger partial charge in [0.15, 0.2) is 0 Å². The fourth-order valence-electron chi connectivity index (χ4n) is 2.30. The summed E-state index contributed by atoms with van der Waals surface area (Å²) in [6.07, 6.45) is 0.375. The van der Waals surface area contributed by atoms with E-state index < -0.39 is 27.8 Å². The molecule has 8 heteroatoms. The molecule has 0 heterocycles. The van der Waals surface area contributed by atoms with Gasteiger partial charge in [-0.2, -0.15) is 4.31 Å². The van der Waals surface area contributed by atoms with E-state index in [1.165, 1.54) is 23.5 Å². The highest BCUT2D eigenvalue weighted by molar-refractivity contribution is 7.89. The van der Waals surface area contributed by atoms with Crippen LogP contribution in [0.5, 0.6) is 0 Å². The van der Waals surface area contributed by atoms with E-state index in [0.717, 1.165) is 5.56 Å². The number of aliphatic carboxylic acids is 1. The average molecular weight is 354 g/mol. The zero-order chi connectivity index (χ0) is 18.1. The Hall–Kier alpha value is -1.93. The van der Waals surface area contributed by atoms with Gasteiger partial charge in [0, 0.05) is 19.6 Å². The third-order valence-corrected chi connectivity index (χ3v) is 6.29. The topological polar surface area (TPSA) is 104 Å². The largest absolute Gasteiger partial charge is 0.481 e. The van der Waals surface area contributed by atoms with E-state index >= 15 is 0 Å². The summed E-state index contributed by atoms with van der Waals surface area (Å²) in [7, 11) is -2.00. The minimum atomic E-state index is -3.53. The lowest BCUT2D eigenvalue weighted by atomic mass is 10.2. The summed E-state index contributed by atoms with van der Waals surface area (Å²) in [5.41, 5.74) is 0.752. The first-order valence-corrected chi connectivity index (χ1v) is 9.16. The van der Waals surface area contributed by atoms with E-state index in [1.54, 1.807) is 26.0 Å². The summed E-state index contributed by atoms with van der Waals surface area (Å²) in [6, 6.07) is 6.15. The zero-order valence-electron chi connectivity index (χ0n) is 13.9. The van der Waals surface area contributed by atoms with Crippen LogP contribution in [-0.2, 0) is 26.2 Å². The summed E-state index contributed by atoms with van der Waals surface area (Å²) in [5.74, 6) is -2.26. The van der Waals surface area contributed by atoms with E-state index in [1.807, 2.05) is 0 Å². The summed E-state index contributed by atoms with van der Waals surface area (Å²) in [5, 5.41) is 11.5. The van der Waals surface area contributed by atoms with Crippen LogP contribution in [0.15, 0.2) is 29.2 Å². The molecule has 1 amide bonds. The number of hydrogen-bond donors (Lipinski definition) is 2. The highest BCUT2D eigenvalue weighted by Crippen LogP contribution is 2.38. The molecule has 0 radical (unpaired) electrons. The van der Waals surface area contributed by atoms with Gasteiger partial charge >= 0.3 is 5.97 Å². The molecule has 132 valence electrons. The van der Waals surface area contributed by atoms with Crippen LogP contribution in [0.1, 0.15) is 25.8 Å². The van der Waals surface area contributed by atoms with E-state index in [2.05, 4.69) is 5.32 Å². The maximum absolute atomic E-state index is 12.3. The van der Waals surface area contributed by atoms with Gasteiger partial charge in [-0.05, 0) is 38.0 Å². The molecule has 2 atom stereocenters. The fourth-order valence-corrected chi connectivity index (χ4v) is 3.67. The molecule has 24 heavy (non-hydrogen) atoms. The molecule has 0 aliphatic heterocycles. The van der Waals surface area contributed by atoms with Crippen molar-refractivity contribution < 1.29 is 23.1 Å². The van der Waals surface area contributed by atoms with E-state index in [9.17, 15) is 18.0 Å².